The van der Waals surface area contributed by atoms with Crippen LogP contribution in [0.4, 0.5) is 17.1 Å². The summed E-state index contributed by atoms with van der Waals surface area (Å²) in [4.78, 5) is 41.0. The standard InChI is InChI=1S/C73H70N2O4/c1-14-51-53(31-26-42(3)67(51)45(6)46(7)68-43(4)24-25-44(5)69(68)52(15-2)70(79)74(41-76)40-66(77)78)47-27-32-56-59-35-30-50(39-65(59)73(12,13)62(56)36-47)75(48-28-33-57-54-20-16-18-22-60(54)71(8,9)63(57)37-48)49-29-34-58-55-21-17-19-23-61(55)72(10,11)64(58)38-49/h14,16-39,41H,15,40H2,1-13H3,(H,77,78)/b51-14-,67-45+,68-46+,69-52+. The molecule has 2 amide bonds. The van der Waals surface area contributed by atoms with E-state index in [0.717, 1.165) is 81.8 Å². The Morgan fingerprint density at radius 1 is 0.494 bits per heavy atom. The van der Waals surface area contributed by atoms with E-state index in [1.165, 1.54) is 66.8 Å². The number of nitrogens with zero attached hydrogens (tertiary/aromatic N) is 2. The molecule has 0 saturated heterocycles. The summed E-state index contributed by atoms with van der Waals surface area (Å²) in [6, 6.07) is 54.6. The average molecular weight is 1040 g/mol. The molecule has 3 aliphatic carbocycles. The van der Waals surface area contributed by atoms with Crippen LogP contribution in [0, 0.1) is 20.8 Å². The molecule has 79 heavy (non-hydrogen) atoms. The number of amides is 2. The van der Waals surface area contributed by atoms with Crippen LogP contribution in [0.1, 0.15) is 126 Å². The largest absolute Gasteiger partial charge is 0.480 e. The minimum absolute atomic E-state index is 0.161. The van der Waals surface area contributed by atoms with E-state index in [1.807, 2.05) is 26.8 Å². The van der Waals surface area contributed by atoms with Crippen molar-refractivity contribution in [2.75, 3.05) is 11.4 Å². The van der Waals surface area contributed by atoms with Gasteiger partial charge in [0, 0.05) is 38.9 Å². The quantitative estimate of drug-likeness (QED) is 0.138. The molecule has 8 aromatic rings. The summed E-state index contributed by atoms with van der Waals surface area (Å²) >= 11 is 0. The van der Waals surface area contributed by atoms with Crippen molar-refractivity contribution in [2.45, 2.75) is 113 Å². The summed E-state index contributed by atoms with van der Waals surface area (Å²) in [6.45, 7) is 27.9. The summed E-state index contributed by atoms with van der Waals surface area (Å²) in [5.74, 6) is -1.85. The van der Waals surface area contributed by atoms with Gasteiger partial charge in [-0.05, 0) is 217 Å². The first-order valence-electron chi connectivity index (χ1n) is 27.8. The number of hydrogen-bond acceptors (Lipinski definition) is 4. The zero-order valence-corrected chi connectivity index (χ0v) is 48.0. The molecule has 0 radical (unpaired) electrons. The Morgan fingerprint density at radius 2 is 0.886 bits per heavy atom. The first kappa shape index (κ1) is 52.7. The average Bonchev–Trinajstić information content (AvgIpc) is 3.98. The first-order valence-corrected chi connectivity index (χ1v) is 27.8. The van der Waals surface area contributed by atoms with Crippen LogP contribution in [-0.4, -0.2) is 34.8 Å². The molecule has 0 bridgehead atoms. The Labute approximate surface area is 465 Å². The number of carbonyl (C=O) groups is 3. The third-order valence-corrected chi connectivity index (χ3v) is 18.2. The topological polar surface area (TPSA) is 77.9 Å². The lowest BCUT2D eigenvalue weighted by Gasteiger charge is -2.31. The van der Waals surface area contributed by atoms with Crippen molar-refractivity contribution in [3.8, 4) is 44.5 Å². The van der Waals surface area contributed by atoms with Gasteiger partial charge in [-0.3, -0.25) is 19.3 Å². The number of benzene rings is 8. The fraction of sp³-hybridized carbons (Fsp3) is 0.247. The zero-order chi connectivity index (χ0) is 56.2. The summed E-state index contributed by atoms with van der Waals surface area (Å²) in [6.07, 6.45) is 2.85. The molecule has 0 atom stereocenters. The second kappa shape index (κ2) is 19.2. The van der Waals surface area contributed by atoms with Gasteiger partial charge in [0.25, 0.3) is 5.91 Å². The molecule has 0 aliphatic heterocycles. The molecule has 8 aromatic carbocycles. The number of carbonyl (C=O) groups excluding carboxylic acids is 2. The molecule has 0 fully saturated rings. The molecule has 6 nitrogen and oxygen atoms in total. The summed E-state index contributed by atoms with van der Waals surface area (Å²) < 4.78 is 0. The summed E-state index contributed by atoms with van der Waals surface area (Å²) in [5, 5.41) is 13.5. The number of rotatable bonds is 10. The van der Waals surface area contributed by atoms with Gasteiger partial charge in [-0.25, -0.2) is 0 Å². The Hall–Kier alpha value is -8.35. The number of carboxylic acid groups (broad SMARTS) is 1. The maximum atomic E-state index is 14.0. The van der Waals surface area contributed by atoms with E-state index in [2.05, 4.69) is 220 Å². The van der Waals surface area contributed by atoms with Gasteiger partial charge in [0.2, 0.25) is 6.41 Å². The van der Waals surface area contributed by atoms with Gasteiger partial charge in [-0.1, -0.05) is 158 Å². The highest BCUT2D eigenvalue weighted by Crippen LogP contribution is 2.55. The molecule has 396 valence electrons. The number of fused-ring (bicyclic) bond motifs is 9. The normalized spacial score (nSPS) is 15.9. The van der Waals surface area contributed by atoms with Crippen molar-refractivity contribution >= 4 is 58.1 Å². The molecule has 11 rings (SSSR count). The van der Waals surface area contributed by atoms with Gasteiger partial charge in [0.1, 0.15) is 6.54 Å². The SMILES string of the molecule is C/C=c1/c(-c2ccc3c(c2)C(C)(C)c2cc(N(c4ccc5c(c4)C(C)(C)c4ccccc4-5)c4ccc5c(c4)C(C)(C)c4ccccc4-5)ccc2-3)ccc(C)/c1=C(C)\C(C)=c1/c(C)ccc(C)/c1=C(/CC)C(=O)N(C=O)CC(=O)O. The van der Waals surface area contributed by atoms with E-state index in [-0.39, 0.29) is 16.2 Å². The van der Waals surface area contributed by atoms with Gasteiger partial charge < -0.3 is 10.0 Å². The van der Waals surface area contributed by atoms with Gasteiger partial charge in [-0.15, -0.1) is 0 Å². The lowest BCUT2D eigenvalue weighted by molar-refractivity contribution is -0.146. The van der Waals surface area contributed by atoms with Crippen molar-refractivity contribution in [1.29, 1.82) is 0 Å². The molecular formula is C73H70N2O4. The fourth-order valence-electron chi connectivity index (χ4n) is 13.9. The van der Waals surface area contributed by atoms with E-state index >= 15 is 0 Å². The van der Waals surface area contributed by atoms with E-state index in [4.69, 9.17) is 0 Å². The van der Waals surface area contributed by atoms with Gasteiger partial charge in [0.15, 0.2) is 0 Å². The smallest absolute Gasteiger partial charge is 0.323 e. The number of anilines is 3. The zero-order valence-electron chi connectivity index (χ0n) is 48.0. The van der Waals surface area contributed by atoms with Crippen LogP contribution in [0.25, 0.3) is 67.3 Å². The van der Waals surface area contributed by atoms with Crippen LogP contribution >= 0.6 is 0 Å². The molecule has 0 aromatic heterocycles. The molecule has 1 N–H and O–H groups in total. The number of aryl methyl sites for hydroxylation is 3. The predicted molar refractivity (Wildman–Crippen MR) is 326 cm³/mol. The molecule has 0 unspecified atom stereocenters. The Bertz CT molecular complexity index is 4120. The minimum atomic E-state index is -1.25. The second-order valence-corrected chi connectivity index (χ2v) is 23.7. The van der Waals surface area contributed by atoms with E-state index in [9.17, 15) is 19.5 Å². The van der Waals surface area contributed by atoms with Crippen molar-refractivity contribution in [1.82, 2.24) is 4.90 Å². The Kier molecular flexibility index (Phi) is 12.8. The lowest BCUT2D eigenvalue weighted by atomic mass is 9.81. The summed E-state index contributed by atoms with van der Waals surface area (Å²) in [5.41, 5.74) is 26.2. The van der Waals surface area contributed by atoms with Crippen LogP contribution in [0.15, 0.2) is 146 Å². The van der Waals surface area contributed by atoms with Crippen LogP contribution in [0.2, 0.25) is 0 Å². The van der Waals surface area contributed by atoms with Crippen LogP contribution in [-0.2, 0) is 30.6 Å². The van der Waals surface area contributed by atoms with Crippen LogP contribution < -0.4 is 25.8 Å². The Balaban J connectivity index is 1.04. The van der Waals surface area contributed by atoms with Gasteiger partial charge in [-0.2, -0.15) is 0 Å². The number of hydrogen-bond donors (Lipinski definition) is 1. The van der Waals surface area contributed by atoms with Crippen molar-refractivity contribution in [3.05, 3.63) is 217 Å². The lowest BCUT2D eigenvalue weighted by Crippen LogP contribution is -2.42. The third-order valence-electron chi connectivity index (χ3n) is 18.2. The monoisotopic (exact) mass is 1040 g/mol. The predicted octanol–water partition coefficient (Wildman–Crippen LogP) is 14.1. The van der Waals surface area contributed by atoms with Crippen molar-refractivity contribution in [3.63, 3.8) is 0 Å². The van der Waals surface area contributed by atoms with Crippen molar-refractivity contribution in [2.24, 2.45) is 0 Å². The molecule has 0 spiro atoms. The molecule has 3 aliphatic rings. The van der Waals surface area contributed by atoms with E-state index < -0.39 is 18.4 Å². The maximum Gasteiger partial charge on any atom is 0.323 e. The maximum absolute atomic E-state index is 14.0. The van der Waals surface area contributed by atoms with Crippen LogP contribution in [0.5, 0.6) is 0 Å². The molecule has 0 saturated carbocycles. The first-order chi connectivity index (χ1) is 37.6. The highest BCUT2D eigenvalue weighted by atomic mass is 16.4. The van der Waals surface area contributed by atoms with Gasteiger partial charge >= 0.3 is 5.97 Å². The number of aliphatic carboxylic acids is 1. The van der Waals surface area contributed by atoms with Crippen LogP contribution in [0.3, 0.4) is 0 Å². The molecule has 0 heterocycles. The third kappa shape index (κ3) is 8.16. The van der Waals surface area contributed by atoms with Gasteiger partial charge in [0.05, 0.1) is 0 Å². The highest BCUT2D eigenvalue weighted by Gasteiger charge is 2.40. The fourth-order valence-corrected chi connectivity index (χ4v) is 13.9. The van der Waals surface area contributed by atoms with E-state index in [1.54, 1.807) is 0 Å². The number of imide groups is 1. The minimum Gasteiger partial charge on any atom is -0.480 e. The van der Waals surface area contributed by atoms with Crippen molar-refractivity contribution < 1.29 is 19.5 Å². The van der Waals surface area contributed by atoms with E-state index in [0.29, 0.717) is 18.4 Å². The molecular weight excluding hydrogens is 969 g/mol. The Morgan fingerprint density at radius 3 is 1.35 bits per heavy atom. The molecule has 6 heteroatoms. The second-order valence-electron chi connectivity index (χ2n) is 23.7. The number of carboxylic acids is 1. The summed E-state index contributed by atoms with van der Waals surface area (Å²) in [7, 11) is 0. The highest BCUT2D eigenvalue weighted by molar-refractivity contribution is 6.17.